The van der Waals surface area contributed by atoms with Crippen molar-refractivity contribution in [1.29, 1.82) is 0 Å². The summed E-state index contributed by atoms with van der Waals surface area (Å²) in [5, 5.41) is 3.55. The van der Waals surface area contributed by atoms with Gasteiger partial charge < -0.3 is 19.7 Å². The highest BCUT2D eigenvalue weighted by Crippen LogP contribution is 2.28. The molecular formula is C24H30BrClN2O4. The van der Waals surface area contributed by atoms with Crippen molar-refractivity contribution in [3.05, 3.63) is 57.5 Å². The normalized spacial score (nSPS) is 12.6. The zero-order valence-corrected chi connectivity index (χ0v) is 21.2. The lowest BCUT2D eigenvalue weighted by Gasteiger charge is -2.31. The van der Waals surface area contributed by atoms with Gasteiger partial charge in [0.1, 0.15) is 17.5 Å². The average Bonchev–Trinajstić information content (AvgIpc) is 2.78. The van der Waals surface area contributed by atoms with Crippen LogP contribution in [-0.2, 0) is 16.1 Å². The lowest BCUT2D eigenvalue weighted by atomic mass is 10.1. The fourth-order valence-corrected chi connectivity index (χ4v) is 3.94. The third-order valence-electron chi connectivity index (χ3n) is 5.12. The number of hydrogen-bond acceptors (Lipinski definition) is 4. The molecule has 0 radical (unpaired) electrons. The fourth-order valence-electron chi connectivity index (χ4n) is 3.14. The van der Waals surface area contributed by atoms with Gasteiger partial charge in [-0.2, -0.15) is 0 Å². The zero-order valence-electron chi connectivity index (χ0n) is 18.9. The number of rotatable bonds is 11. The Hall–Kier alpha value is -2.25. The summed E-state index contributed by atoms with van der Waals surface area (Å²) in [7, 11) is 1.59. The first kappa shape index (κ1) is 26.0. The van der Waals surface area contributed by atoms with Crippen LogP contribution in [-0.4, -0.2) is 42.5 Å². The summed E-state index contributed by atoms with van der Waals surface area (Å²) in [4.78, 5) is 27.8. The first-order valence-corrected chi connectivity index (χ1v) is 11.8. The highest BCUT2D eigenvalue weighted by molar-refractivity contribution is 9.10. The van der Waals surface area contributed by atoms with Crippen molar-refractivity contribution in [2.45, 2.75) is 52.2 Å². The number of carbonyl (C=O) groups excluding carboxylic acids is 2. The number of nitrogens with zero attached hydrogens (tertiary/aromatic N) is 1. The maximum Gasteiger partial charge on any atom is 0.261 e. The number of methoxy groups -OCH3 is 1. The van der Waals surface area contributed by atoms with E-state index < -0.39 is 6.04 Å². The van der Waals surface area contributed by atoms with Crippen molar-refractivity contribution in [2.24, 2.45) is 0 Å². The molecular weight excluding hydrogens is 496 g/mol. The van der Waals surface area contributed by atoms with Crippen LogP contribution in [0, 0.1) is 0 Å². The smallest absolute Gasteiger partial charge is 0.261 e. The summed E-state index contributed by atoms with van der Waals surface area (Å²) >= 11 is 9.37. The Bertz CT molecular complexity index is 925. The molecule has 0 bridgehead atoms. The molecule has 1 N–H and O–H groups in total. The number of benzene rings is 2. The minimum absolute atomic E-state index is 0.0200. The number of carbonyl (C=O) groups is 2. The van der Waals surface area contributed by atoms with Crippen molar-refractivity contribution in [3.63, 3.8) is 0 Å². The van der Waals surface area contributed by atoms with E-state index in [-0.39, 0.29) is 31.0 Å². The van der Waals surface area contributed by atoms with Crippen LogP contribution in [0.3, 0.4) is 0 Å². The maximum atomic E-state index is 13.3. The van der Waals surface area contributed by atoms with E-state index in [9.17, 15) is 9.59 Å². The first-order valence-electron chi connectivity index (χ1n) is 10.6. The topological polar surface area (TPSA) is 67.9 Å². The Morgan fingerprint density at radius 2 is 1.91 bits per heavy atom. The summed E-state index contributed by atoms with van der Waals surface area (Å²) < 4.78 is 11.7. The van der Waals surface area contributed by atoms with Crippen molar-refractivity contribution in [1.82, 2.24) is 10.2 Å². The molecule has 2 atom stereocenters. The fraction of sp³-hybridized carbons (Fsp3) is 0.417. The van der Waals surface area contributed by atoms with Crippen molar-refractivity contribution < 1.29 is 19.1 Å². The van der Waals surface area contributed by atoms with Gasteiger partial charge in [-0.15, -0.1) is 0 Å². The molecule has 0 aliphatic heterocycles. The van der Waals surface area contributed by atoms with Crippen LogP contribution in [0.4, 0.5) is 0 Å². The van der Waals surface area contributed by atoms with E-state index >= 15 is 0 Å². The molecule has 0 aromatic heterocycles. The largest absolute Gasteiger partial charge is 0.497 e. The molecule has 174 valence electrons. The summed E-state index contributed by atoms with van der Waals surface area (Å²) in [6.45, 7) is 5.89. The van der Waals surface area contributed by atoms with Crippen molar-refractivity contribution in [3.8, 4) is 11.5 Å². The van der Waals surface area contributed by atoms with E-state index in [1.807, 2.05) is 45.0 Å². The summed E-state index contributed by atoms with van der Waals surface area (Å²) in [5.41, 5.74) is 0.861. The Labute approximate surface area is 203 Å². The molecule has 2 amide bonds. The van der Waals surface area contributed by atoms with Crippen LogP contribution >= 0.6 is 27.5 Å². The van der Waals surface area contributed by atoms with E-state index in [1.54, 1.807) is 30.2 Å². The minimum Gasteiger partial charge on any atom is -0.497 e. The Morgan fingerprint density at radius 3 is 2.53 bits per heavy atom. The number of ether oxygens (including phenoxy) is 2. The minimum atomic E-state index is -0.625. The molecule has 0 aliphatic carbocycles. The van der Waals surface area contributed by atoms with Gasteiger partial charge in [-0.05, 0) is 71.6 Å². The van der Waals surface area contributed by atoms with Crippen LogP contribution < -0.4 is 14.8 Å². The van der Waals surface area contributed by atoms with Crippen LogP contribution in [0.25, 0.3) is 0 Å². The SMILES string of the molecule is CC[C@H](C(=O)N[C@@H](C)CC)N(Cc1cccc(OC)c1)C(=O)COc1ccc(Cl)cc1Br. The highest BCUT2D eigenvalue weighted by Gasteiger charge is 2.29. The third kappa shape index (κ3) is 7.41. The second kappa shape index (κ2) is 12.7. The van der Waals surface area contributed by atoms with Gasteiger partial charge in [0.25, 0.3) is 5.91 Å². The number of hydrogen-bond donors (Lipinski definition) is 1. The van der Waals surface area contributed by atoms with Gasteiger partial charge in [0.2, 0.25) is 5.91 Å². The van der Waals surface area contributed by atoms with Gasteiger partial charge in [0.05, 0.1) is 11.6 Å². The van der Waals surface area contributed by atoms with Crippen LogP contribution in [0.5, 0.6) is 11.5 Å². The zero-order chi connectivity index (χ0) is 23.7. The van der Waals surface area contributed by atoms with Gasteiger partial charge >= 0.3 is 0 Å². The quantitative estimate of drug-likeness (QED) is 0.437. The molecule has 0 saturated heterocycles. The summed E-state index contributed by atoms with van der Waals surface area (Å²) in [5.74, 6) is 0.723. The molecule has 2 aromatic carbocycles. The third-order valence-corrected chi connectivity index (χ3v) is 5.97. The standard InChI is InChI=1S/C24H30BrClN2O4/c1-5-16(3)27-24(30)21(6-2)28(14-17-8-7-9-19(12-17)31-4)23(29)15-32-22-11-10-18(26)13-20(22)25/h7-13,16,21H,5-6,14-15H2,1-4H3,(H,27,30)/t16-,21+/m0/s1. The van der Waals surface area contributed by atoms with Gasteiger partial charge in [0, 0.05) is 17.6 Å². The van der Waals surface area contributed by atoms with E-state index in [2.05, 4.69) is 21.2 Å². The molecule has 6 nitrogen and oxygen atoms in total. The molecule has 0 aliphatic rings. The van der Waals surface area contributed by atoms with Crippen LogP contribution in [0.15, 0.2) is 46.9 Å². The average molecular weight is 526 g/mol. The summed E-state index contributed by atoms with van der Waals surface area (Å²) in [6.07, 6.45) is 1.28. The second-order valence-corrected chi connectivity index (χ2v) is 8.77. The molecule has 2 aromatic rings. The Morgan fingerprint density at radius 1 is 1.16 bits per heavy atom. The Balaban J connectivity index is 2.25. The van der Waals surface area contributed by atoms with E-state index in [4.69, 9.17) is 21.1 Å². The van der Waals surface area contributed by atoms with Crippen LogP contribution in [0.2, 0.25) is 5.02 Å². The van der Waals surface area contributed by atoms with Gasteiger partial charge in [-0.25, -0.2) is 0 Å². The second-order valence-electron chi connectivity index (χ2n) is 7.48. The van der Waals surface area contributed by atoms with E-state index in [1.165, 1.54) is 0 Å². The highest BCUT2D eigenvalue weighted by atomic mass is 79.9. The first-order chi connectivity index (χ1) is 15.3. The number of nitrogens with one attached hydrogen (secondary N) is 1. The summed E-state index contributed by atoms with van der Waals surface area (Å²) in [6, 6.07) is 11.9. The number of halogens is 2. The maximum absolute atomic E-state index is 13.3. The molecule has 0 saturated carbocycles. The van der Waals surface area contributed by atoms with Gasteiger partial charge in [-0.3, -0.25) is 9.59 Å². The molecule has 8 heteroatoms. The van der Waals surface area contributed by atoms with Crippen molar-refractivity contribution in [2.75, 3.05) is 13.7 Å². The molecule has 0 unspecified atom stereocenters. The molecule has 32 heavy (non-hydrogen) atoms. The van der Waals surface area contributed by atoms with Gasteiger partial charge in [0.15, 0.2) is 6.61 Å². The molecule has 0 heterocycles. The lowest BCUT2D eigenvalue weighted by molar-refractivity contribution is -0.143. The number of amides is 2. The Kier molecular flexibility index (Phi) is 10.3. The van der Waals surface area contributed by atoms with E-state index in [0.29, 0.717) is 27.4 Å². The monoisotopic (exact) mass is 524 g/mol. The van der Waals surface area contributed by atoms with Crippen LogP contribution in [0.1, 0.15) is 39.2 Å². The van der Waals surface area contributed by atoms with Gasteiger partial charge in [-0.1, -0.05) is 37.6 Å². The predicted octanol–water partition coefficient (Wildman–Crippen LogP) is 5.21. The van der Waals surface area contributed by atoms with Crippen molar-refractivity contribution >= 4 is 39.3 Å². The lowest BCUT2D eigenvalue weighted by Crippen LogP contribution is -2.51. The molecule has 0 spiro atoms. The predicted molar refractivity (Wildman–Crippen MR) is 130 cm³/mol. The molecule has 0 fully saturated rings. The molecule has 2 rings (SSSR count). The van der Waals surface area contributed by atoms with E-state index in [0.717, 1.165) is 12.0 Å².